The van der Waals surface area contributed by atoms with E-state index in [9.17, 15) is 4.79 Å². The highest BCUT2D eigenvalue weighted by Gasteiger charge is 2.07. The Morgan fingerprint density at radius 2 is 1.87 bits per heavy atom. The molecule has 4 nitrogen and oxygen atoms in total. The summed E-state index contributed by atoms with van der Waals surface area (Å²) >= 11 is 2.22. The first-order valence-corrected chi connectivity index (χ1v) is 8.32. The second-order valence-corrected chi connectivity index (χ2v) is 6.49. The molecule has 0 saturated heterocycles. The van der Waals surface area contributed by atoms with Crippen LogP contribution in [0.25, 0.3) is 0 Å². The van der Waals surface area contributed by atoms with E-state index in [1.165, 1.54) is 5.56 Å². The fourth-order valence-corrected chi connectivity index (χ4v) is 2.84. The molecule has 0 radical (unpaired) electrons. The van der Waals surface area contributed by atoms with Crippen molar-refractivity contribution in [1.82, 2.24) is 5.43 Å². The zero-order valence-electron chi connectivity index (χ0n) is 13.4. The number of ether oxygens (including phenoxy) is 1. The number of hydrogen-bond acceptors (Lipinski definition) is 3. The molecular weight excluding hydrogens is 403 g/mol. The SMILES string of the molecule is Cc1cc(C)c(OCC(=O)N/N=C\c2ccccc2I)c(C)c1. The number of benzene rings is 2. The van der Waals surface area contributed by atoms with Gasteiger partial charge >= 0.3 is 0 Å². The van der Waals surface area contributed by atoms with Gasteiger partial charge in [-0.3, -0.25) is 4.79 Å². The third-order valence-electron chi connectivity index (χ3n) is 3.25. The van der Waals surface area contributed by atoms with Crippen molar-refractivity contribution in [2.75, 3.05) is 6.61 Å². The minimum atomic E-state index is -0.286. The van der Waals surface area contributed by atoms with Crippen molar-refractivity contribution in [2.45, 2.75) is 20.8 Å². The Morgan fingerprint density at radius 1 is 1.22 bits per heavy atom. The van der Waals surface area contributed by atoms with E-state index in [-0.39, 0.29) is 12.5 Å². The van der Waals surface area contributed by atoms with E-state index in [1.54, 1.807) is 6.21 Å². The number of aryl methyl sites for hydroxylation is 3. The Kier molecular flexibility index (Phi) is 6.15. The Hall–Kier alpha value is -1.89. The number of carbonyl (C=O) groups is 1. The molecule has 0 heterocycles. The second-order valence-electron chi connectivity index (χ2n) is 5.33. The number of nitrogens with one attached hydrogen (secondary N) is 1. The molecule has 0 atom stereocenters. The predicted octanol–water partition coefficient (Wildman–Crippen LogP) is 3.75. The van der Waals surface area contributed by atoms with Crippen LogP contribution in [0.5, 0.6) is 5.75 Å². The van der Waals surface area contributed by atoms with Crippen molar-refractivity contribution in [2.24, 2.45) is 5.10 Å². The zero-order valence-corrected chi connectivity index (χ0v) is 15.5. The molecule has 0 aliphatic heterocycles. The lowest BCUT2D eigenvalue weighted by Crippen LogP contribution is -2.25. The van der Waals surface area contributed by atoms with Gasteiger partial charge in [-0.25, -0.2) is 5.43 Å². The van der Waals surface area contributed by atoms with E-state index >= 15 is 0 Å². The molecule has 120 valence electrons. The third kappa shape index (κ3) is 5.06. The average molecular weight is 422 g/mol. The Bertz CT molecular complexity index is 719. The summed E-state index contributed by atoms with van der Waals surface area (Å²) in [5.41, 5.74) is 6.67. The van der Waals surface area contributed by atoms with Crippen LogP contribution in [-0.4, -0.2) is 18.7 Å². The number of rotatable bonds is 5. The average Bonchev–Trinajstić information content (AvgIpc) is 2.48. The first-order valence-electron chi connectivity index (χ1n) is 7.24. The molecule has 2 rings (SSSR count). The first-order chi connectivity index (χ1) is 11.0. The van der Waals surface area contributed by atoms with Gasteiger partial charge in [0.05, 0.1) is 6.21 Å². The molecule has 0 saturated carbocycles. The first kappa shape index (κ1) is 17.5. The molecule has 2 aromatic carbocycles. The number of hydrazone groups is 1. The smallest absolute Gasteiger partial charge is 0.277 e. The number of hydrogen-bond donors (Lipinski definition) is 1. The summed E-state index contributed by atoms with van der Waals surface area (Å²) in [7, 11) is 0. The molecule has 5 heteroatoms. The number of carbonyl (C=O) groups excluding carboxylic acids is 1. The van der Waals surface area contributed by atoms with Crippen LogP contribution in [0.2, 0.25) is 0 Å². The van der Waals surface area contributed by atoms with Gasteiger partial charge in [0.25, 0.3) is 5.91 Å². The second kappa shape index (κ2) is 8.10. The van der Waals surface area contributed by atoms with Crippen LogP contribution in [0.15, 0.2) is 41.5 Å². The lowest BCUT2D eigenvalue weighted by atomic mass is 10.1. The van der Waals surface area contributed by atoms with E-state index in [0.717, 1.165) is 26.0 Å². The maximum atomic E-state index is 11.8. The van der Waals surface area contributed by atoms with Gasteiger partial charge in [-0.1, -0.05) is 35.9 Å². The molecule has 0 bridgehead atoms. The molecule has 0 fully saturated rings. The maximum absolute atomic E-state index is 11.8. The van der Waals surface area contributed by atoms with Gasteiger partial charge in [-0.15, -0.1) is 0 Å². The Labute approximate surface area is 150 Å². The summed E-state index contributed by atoms with van der Waals surface area (Å²) in [5, 5.41) is 3.96. The fraction of sp³-hybridized carbons (Fsp3) is 0.222. The summed E-state index contributed by atoms with van der Waals surface area (Å²) in [5.74, 6) is 0.471. The molecule has 0 spiro atoms. The van der Waals surface area contributed by atoms with Crippen molar-refractivity contribution in [3.63, 3.8) is 0 Å². The van der Waals surface area contributed by atoms with Gasteiger partial charge < -0.3 is 4.74 Å². The van der Waals surface area contributed by atoms with Crippen molar-refractivity contribution in [3.05, 3.63) is 62.2 Å². The van der Waals surface area contributed by atoms with Gasteiger partial charge in [-0.05, 0) is 60.6 Å². The summed E-state index contributed by atoms with van der Waals surface area (Å²) in [6.07, 6.45) is 1.63. The van der Waals surface area contributed by atoms with Gasteiger partial charge in [0, 0.05) is 9.13 Å². The molecule has 0 aliphatic carbocycles. The zero-order chi connectivity index (χ0) is 16.8. The van der Waals surface area contributed by atoms with E-state index < -0.39 is 0 Å². The Morgan fingerprint density at radius 3 is 2.52 bits per heavy atom. The Balaban J connectivity index is 1.90. The molecule has 23 heavy (non-hydrogen) atoms. The number of halogens is 1. The van der Waals surface area contributed by atoms with E-state index in [2.05, 4.69) is 33.1 Å². The molecule has 1 amide bonds. The van der Waals surface area contributed by atoms with Crippen molar-refractivity contribution in [3.8, 4) is 5.75 Å². The molecule has 0 unspecified atom stereocenters. The summed E-state index contributed by atoms with van der Waals surface area (Å²) in [6.45, 7) is 5.93. The van der Waals surface area contributed by atoms with Crippen LogP contribution in [0, 0.1) is 24.3 Å². The highest BCUT2D eigenvalue weighted by molar-refractivity contribution is 14.1. The summed E-state index contributed by atoms with van der Waals surface area (Å²) in [4.78, 5) is 11.8. The van der Waals surface area contributed by atoms with E-state index in [0.29, 0.717) is 0 Å². The molecular formula is C18H19IN2O2. The van der Waals surface area contributed by atoms with Crippen LogP contribution in [0.3, 0.4) is 0 Å². The predicted molar refractivity (Wildman–Crippen MR) is 101 cm³/mol. The number of amides is 1. The quantitative estimate of drug-likeness (QED) is 0.454. The molecule has 1 N–H and O–H groups in total. The lowest BCUT2D eigenvalue weighted by Gasteiger charge is -2.12. The largest absolute Gasteiger partial charge is 0.483 e. The maximum Gasteiger partial charge on any atom is 0.277 e. The minimum Gasteiger partial charge on any atom is -0.483 e. The van der Waals surface area contributed by atoms with Gasteiger partial charge in [0.15, 0.2) is 6.61 Å². The van der Waals surface area contributed by atoms with E-state index in [4.69, 9.17) is 4.74 Å². The van der Waals surface area contributed by atoms with Crippen molar-refractivity contribution in [1.29, 1.82) is 0 Å². The van der Waals surface area contributed by atoms with E-state index in [1.807, 2.05) is 57.2 Å². The topological polar surface area (TPSA) is 50.7 Å². The van der Waals surface area contributed by atoms with Crippen molar-refractivity contribution < 1.29 is 9.53 Å². The molecule has 0 aliphatic rings. The molecule has 0 aromatic heterocycles. The summed E-state index contributed by atoms with van der Waals surface area (Å²) < 4.78 is 6.70. The fourth-order valence-electron chi connectivity index (χ4n) is 2.32. The molecule has 2 aromatic rings. The third-order valence-corrected chi connectivity index (χ3v) is 4.23. The van der Waals surface area contributed by atoms with Crippen LogP contribution in [-0.2, 0) is 4.79 Å². The normalized spacial score (nSPS) is 10.8. The van der Waals surface area contributed by atoms with Crippen molar-refractivity contribution >= 4 is 34.7 Å². The van der Waals surface area contributed by atoms with Gasteiger partial charge in [0.2, 0.25) is 0 Å². The van der Waals surface area contributed by atoms with Crippen LogP contribution < -0.4 is 10.2 Å². The number of nitrogens with zero attached hydrogens (tertiary/aromatic N) is 1. The van der Waals surface area contributed by atoms with Crippen LogP contribution in [0.4, 0.5) is 0 Å². The summed E-state index contributed by atoms with van der Waals surface area (Å²) in [6, 6.07) is 11.9. The van der Waals surface area contributed by atoms with Gasteiger partial charge in [-0.2, -0.15) is 5.10 Å². The lowest BCUT2D eigenvalue weighted by molar-refractivity contribution is -0.123. The van der Waals surface area contributed by atoms with Gasteiger partial charge in [0.1, 0.15) is 5.75 Å². The van der Waals surface area contributed by atoms with Crippen LogP contribution >= 0.6 is 22.6 Å². The van der Waals surface area contributed by atoms with Crippen LogP contribution in [0.1, 0.15) is 22.3 Å². The standard InChI is InChI=1S/C18H19IN2O2/c1-12-8-13(2)18(14(3)9-12)23-11-17(22)21-20-10-15-6-4-5-7-16(15)19/h4-10H,11H2,1-3H3,(H,21,22)/b20-10-. The highest BCUT2D eigenvalue weighted by Crippen LogP contribution is 2.24. The minimum absolute atomic E-state index is 0.0615. The highest BCUT2D eigenvalue weighted by atomic mass is 127. The monoisotopic (exact) mass is 422 g/mol.